The summed E-state index contributed by atoms with van der Waals surface area (Å²) in [5.74, 6) is -1.42. The Morgan fingerprint density at radius 3 is 2.05 bits per heavy atom. The molecule has 0 bridgehead atoms. The molecule has 3 N–H and O–H groups in total. The molecule has 10 heteroatoms. The van der Waals surface area contributed by atoms with Crippen molar-refractivity contribution in [3.05, 3.63) is 26.0 Å². The molecule has 1 aromatic rings. The van der Waals surface area contributed by atoms with Gasteiger partial charge in [-0.2, -0.15) is 0 Å². The summed E-state index contributed by atoms with van der Waals surface area (Å²) < 4.78 is 0. The van der Waals surface area contributed by atoms with E-state index in [1.165, 1.54) is 4.90 Å². The highest BCUT2D eigenvalue weighted by molar-refractivity contribution is 5.91. The second-order valence-electron chi connectivity index (χ2n) is 14.9. The van der Waals surface area contributed by atoms with Crippen molar-refractivity contribution in [2.45, 2.75) is 117 Å². The van der Waals surface area contributed by atoms with Crippen LogP contribution in [0.4, 0.5) is 10.5 Å². The molecule has 0 radical (unpaired) electrons. The lowest BCUT2D eigenvalue weighted by Crippen LogP contribution is -2.60. The van der Waals surface area contributed by atoms with Crippen LogP contribution in [0.15, 0.2) is 9.59 Å². The molecule has 236 valence electrons. The zero-order valence-corrected chi connectivity index (χ0v) is 27.0. The van der Waals surface area contributed by atoms with Gasteiger partial charge in [-0.05, 0) is 47.8 Å². The van der Waals surface area contributed by atoms with Gasteiger partial charge in [-0.15, -0.1) is 0 Å². The number of carbonyl (C=O) groups excluding carboxylic acids is 2. The van der Waals surface area contributed by atoms with E-state index in [9.17, 15) is 29.1 Å². The minimum atomic E-state index is -1.00. The number of hydrogen-bond acceptors (Lipinski definition) is 6. The third-order valence-corrected chi connectivity index (χ3v) is 9.33. The largest absolute Gasteiger partial charge is 0.480 e. The van der Waals surface area contributed by atoms with Crippen LogP contribution in [-0.2, 0) is 15.0 Å². The number of amides is 3. The fraction of sp³-hybridized carbons (Fsp3) is 0.781. The maximum atomic E-state index is 14.0. The van der Waals surface area contributed by atoms with Crippen molar-refractivity contribution in [3.63, 3.8) is 0 Å². The molecule has 10 nitrogen and oxygen atoms in total. The molecule has 2 aliphatic rings. The monoisotopic (exact) mass is 588 g/mol. The third-order valence-electron chi connectivity index (χ3n) is 9.33. The van der Waals surface area contributed by atoms with E-state index in [2.05, 4.69) is 10.6 Å². The van der Waals surface area contributed by atoms with E-state index in [-0.39, 0.29) is 30.2 Å². The van der Waals surface area contributed by atoms with Gasteiger partial charge in [0.05, 0.1) is 11.7 Å². The molecule has 3 amide bonds. The van der Waals surface area contributed by atoms with Crippen LogP contribution in [0.5, 0.6) is 0 Å². The Morgan fingerprint density at radius 1 is 0.952 bits per heavy atom. The lowest BCUT2D eigenvalue weighted by atomic mass is 9.81. The Bertz CT molecular complexity index is 1210. The van der Waals surface area contributed by atoms with E-state index in [1.54, 1.807) is 11.9 Å². The normalized spacial score (nSPS) is 21.8. The standard InChI is InChI=1S/C32H52N4O6/c1-18(2)20-15-16-36(24(20)29(40)41)28(39)23(19-13-11-10-12-14-19)34-30(42)33-21(31(3,4)5)17-35(9)25-22(32(6,7)8)26(37)27(25)38/h18-21,23-24H,10-17H2,1-9H3,(H,40,41)(H2,33,34,42)/t20?,21-,23+,24+/m1/s1. The van der Waals surface area contributed by atoms with Crippen LogP contribution in [0.25, 0.3) is 0 Å². The summed E-state index contributed by atoms with van der Waals surface area (Å²) in [4.78, 5) is 68.0. The highest BCUT2D eigenvalue weighted by atomic mass is 16.4. The first-order valence-corrected chi connectivity index (χ1v) is 15.5. The van der Waals surface area contributed by atoms with Crippen LogP contribution in [-0.4, -0.2) is 66.2 Å². The zero-order chi connectivity index (χ0) is 31.7. The quantitative estimate of drug-likeness (QED) is 0.375. The SMILES string of the molecule is CC(C)C1CCN(C(=O)[C@@H](NC(=O)N[C@H](CN(C)c2c(C(C)(C)C)c(=O)c2=O)C(C)(C)C)C2CCCCC2)[C@@H]1C(=O)O. The van der Waals surface area contributed by atoms with Gasteiger partial charge in [0.2, 0.25) is 16.8 Å². The molecule has 1 aliphatic heterocycles. The van der Waals surface area contributed by atoms with Crippen molar-refractivity contribution in [2.24, 2.45) is 23.2 Å². The van der Waals surface area contributed by atoms with Crippen LogP contribution < -0.4 is 26.4 Å². The minimum absolute atomic E-state index is 0.0709. The maximum Gasteiger partial charge on any atom is 0.326 e. The van der Waals surface area contributed by atoms with Gasteiger partial charge in [-0.25, -0.2) is 9.59 Å². The van der Waals surface area contributed by atoms with Crippen molar-refractivity contribution >= 4 is 23.6 Å². The van der Waals surface area contributed by atoms with Crippen LogP contribution in [0.3, 0.4) is 0 Å². The highest BCUT2D eigenvalue weighted by Crippen LogP contribution is 2.34. The number of nitrogens with zero attached hydrogens (tertiary/aromatic N) is 2. The Hall–Kier alpha value is -2.91. The summed E-state index contributed by atoms with van der Waals surface area (Å²) in [5, 5.41) is 16.1. The average Bonchev–Trinajstić information content (AvgIpc) is 3.34. The molecule has 4 atom stereocenters. The van der Waals surface area contributed by atoms with Crippen molar-refractivity contribution in [1.29, 1.82) is 0 Å². The van der Waals surface area contributed by atoms with Crippen molar-refractivity contribution in [3.8, 4) is 0 Å². The predicted octanol–water partition coefficient (Wildman–Crippen LogP) is 3.64. The minimum Gasteiger partial charge on any atom is -0.480 e. The van der Waals surface area contributed by atoms with Gasteiger partial charge in [0, 0.05) is 25.7 Å². The first-order chi connectivity index (χ1) is 19.4. The van der Waals surface area contributed by atoms with E-state index in [0.717, 1.165) is 32.1 Å². The van der Waals surface area contributed by atoms with E-state index >= 15 is 0 Å². The summed E-state index contributed by atoms with van der Waals surface area (Å²) in [6.07, 6.45) is 5.20. The van der Waals surface area contributed by atoms with Gasteiger partial charge in [-0.3, -0.25) is 14.4 Å². The Balaban J connectivity index is 1.82. The average molecular weight is 589 g/mol. The number of aliphatic carboxylic acids is 1. The molecular formula is C32H52N4O6. The van der Waals surface area contributed by atoms with Crippen LogP contribution in [0.2, 0.25) is 0 Å². The number of carboxylic acids is 1. The number of urea groups is 1. The first kappa shape index (κ1) is 33.6. The Kier molecular flexibility index (Phi) is 10.2. The number of rotatable bonds is 9. The van der Waals surface area contributed by atoms with Crippen LogP contribution in [0, 0.1) is 23.2 Å². The number of likely N-dealkylation sites (N-methyl/N-ethyl adjacent to an activating group) is 1. The Labute approximate surface area is 250 Å². The van der Waals surface area contributed by atoms with E-state index in [1.807, 2.05) is 55.4 Å². The third kappa shape index (κ3) is 7.17. The molecule has 1 aromatic carbocycles. The lowest BCUT2D eigenvalue weighted by Gasteiger charge is -2.38. The first-order valence-electron chi connectivity index (χ1n) is 15.5. The van der Waals surface area contributed by atoms with Gasteiger partial charge in [0.25, 0.3) is 0 Å². The van der Waals surface area contributed by atoms with Gasteiger partial charge in [0.1, 0.15) is 12.1 Å². The number of likely N-dealkylation sites (tertiary alicyclic amines) is 1. The van der Waals surface area contributed by atoms with E-state index in [0.29, 0.717) is 24.2 Å². The number of anilines is 1. The van der Waals surface area contributed by atoms with Crippen molar-refractivity contribution < 1.29 is 19.5 Å². The molecule has 0 aromatic heterocycles. The molecule has 1 unspecified atom stereocenters. The molecular weight excluding hydrogens is 536 g/mol. The Morgan fingerprint density at radius 2 is 1.55 bits per heavy atom. The summed E-state index contributed by atoms with van der Waals surface area (Å²) in [6, 6.07) is -2.65. The zero-order valence-electron chi connectivity index (χ0n) is 27.0. The van der Waals surface area contributed by atoms with Gasteiger partial charge >= 0.3 is 12.0 Å². The molecule has 1 heterocycles. The van der Waals surface area contributed by atoms with E-state index < -0.39 is 51.8 Å². The fourth-order valence-electron chi connectivity index (χ4n) is 6.79. The fourth-order valence-corrected chi connectivity index (χ4v) is 6.79. The highest BCUT2D eigenvalue weighted by Gasteiger charge is 2.46. The van der Waals surface area contributed by atoms with Crippen molar-refractivity contribution in [2.75, 3.05) is 25.0 Å². The maximum absolute atomic E-state index is 14.0. The molecule has 1 saturated heterocycles. The number of nitrogens with one attached hydrogen (secondary N) is 2. The molecule has 42 heavy (non-hydrogen) atoms. The topological polar surface area (TPSA) is 136 Å². The summed E-state index contributed by atoms with van der Waals surface area (Å²) in [6.45, 7) is 16.3. The van der Waals surface area contributed by atoms with Gasteiger partial charge in [0.15, 0.2) is 0 Å². The predicted molar refractivity (Wildman–Crippen MR) is 165 cm³/mol. The second-order valence-corrected chi connectivity index (χ2v) is 14.9. The van der Waals surface area contributed by atoms with Crippen LogP contribution in [0.1, 0.15) is 99.5 Å². The van der Waals surface area contributed by atoms with Gasteiger partial charge < -0.3 is 25.5 Å². The lowest BCUT2D eigenvalue weighted by molar-refractivity contribution is -0.151. The van der Waals surface area contributed by atoms with Crippen molar-refractivity contribution in [1.82, 2.24) is 15.5 Å². The summed E-state index contributed by atoms with van der Waals surface area (Å²) >= 11 is 0. The number of carboxylic acid groups (broad SMARTS) is 1. The molecule has 1 saturated carbocycles. The number of carbonyl (C=O) groups is 3. The van der Waals surface area contributed by atoms with E-state index in [4.69, 9.17) is 0 Å². The smallest absolute Gasteiger partial charge is 0.326 e. The summed E-state index contributed by atoms with van der Waals surface area (Å²) in [7, 11) is 1.75. The summed E-state index contributed by atoms with van der Waals surface area (Å²) in [5.41, 5.74) is -0.995. The van der Waals surface area contributed by atoms with Crippen LogP contribution >= 0.6 is 0 Å². The molecule has 2 fully saturated rings. The second kappa shape index (κ2) is 12.8. The molecule has 3 rings (SSSR count). The number of hydrogen-bond donors (Lipinski definition) is 3. The molecule has 0 spiro atoms. The van der Waals surface area contributed by atoms with Gasteiger partial charge in [-0.1, -0.05) is 74.7 Å². The molecule has 1 aliphatic carbocycles.